The molecule has 16 heavy (non-hydrogen) atoms. The van der Waals surface area contributed by atoms with Crippen molar-refractivity contribution in [2.45, 2.75) is 44.5 Å². The van der Waals surface area contributed by atoms with E-state index in [2.05, 4.69) is 11.4 Å². The molecular formula is C12H18FNO2. The highest BCUT2D eigenvalue weighted by molar-refractivity contribution is 5.79. The molecule has 1 N–H and O–H groups in total. The van der Waals surface area contributed by atoms with Gasteiger partial charge in [0.15, 0.2) is 0 Å². The zero-order valence-corrected chi connectivity index (χ0v) is 9.32. The number of carbonyl (C=O) groups is 1. The third kappa shape index (κ3) is 2.82. The molecule has 0 aromatic heterocycles. The molecule has 1 amide bonds. The van der Waals surface area contributed by atoms with Crippen molar-refractivity contribution < 1.29 is 13.9 Å². The largest absolute Gasteiger partial charge is 0.348 e. The van der Waals surface area contributed by atoms with E-state index in [9.17, 15) is 9.18 Å². The predicted octanol–water partition coefficient (Wildman–Crippen LogP) is 1.93. The number of alkyl halides is 1. The molecule has 2 aliphatic rings. The average Bonchev–Trinajstić information content (AvgIpc) is 2.33. The van der Waals surface area contributed by atoms with Crippen molar-refractivity contribution in [2.75, 3.05) is 6.61 Å². The molecule has 0 aromatic rings. The van der Waals surface area contributed by atoms with E-state index in [4.69, 9.17) is 4.74 Å². The van der Waals surface area contributed by atoms with E-state index in [1.165, 1.54) is 0 Å². The molecule has 4 heteroatoms. The summed E-state index contributed by atoms with van der Waals surface area (Å²) < 4.78 is 18.2. The van der Waals surface area contributed by atoms with Crippen molar-refractivity contribution in [3.8, 4) is 0 Å². The Morgan fingerprint density at radius 1 is 1.38 bits per heavy atom. The van der Waals surface area contributed by atoms with Gasteiger partial charge in [-0.15, -0.1) is 0 Å². The van der Waals surface area contributed by atoms with Gasteiger partial charge < -0.3 is 10.1 Å². The van der Waals surface area contributed by atoms with Crippen molar-refractivity contribution in [3.63, 3.8) is 0 Å². The van der Waals surface area contributed by atoms with Crippen LogP contribution in [-0.2, 0) is 9.53 Å². The zero-order valence-electron chi connectivity index (χ0n) is 9.32. The lowest BCUT2D eigenvalue weighted by Crippen LogP contribution is -2.47. The lowest BCUT2D eigenvalue weighted by atomic mass is 9.93. The van der Waals surface area contributed by atoms with Crippen LogP contribution < -0.4 is 5.32 Å². The zero-order chi connectivity index (χ0) is 11.4. The van der Waals surface area contributed by atoms with E-state index in [1.54, 1.807) is 0 Å². The second-order valence-electron chi connectivity index (χ2n) is 4.46. The van der Waals surface area contributed by atoms with E-state index >= 15 is 0 Å². The summed E-state index contributed by atoms with van der Waals surface area (Å²) in [5.74, 6) is -0.0124. The van der Waals surface area contributed by atoms with Crippen molar-refractivity contribution in [1.29, 1.82) is 0 Å². The second kappa shape index (κ2) is 5.43. The summed E-state index contributed by atoms with van der Waals surface area (Å²) in [5.41, 5.74) is 0. The maximum absolute atomic E-state index is 13.3. The number of rotatable bonds is 2. The highest BCUT2D eigenvalue weighted by Gasteiger charge is 2.29. The van der Waals surface area contributed by atoms with Crippen LogP contribution in [-0.4, -0.2) is 24.9 Å². The molecule has 0 radical (unpaired) electrons. The van der Waals surface area contributed by atoms with Gasteiger partial charge in [0, 0.05) is 5.92 Å². The minimum Gasteiger partial charge on any atom is -0.348 e. The number of hydrogen-bond donors (Lipinski definition) is 1. The van der Waals surface area contributed by atoms with Gasteiger partial charge in [-0.1, -0.05) is 12.2 Å². The van der Waals surface area contributed by atoms with E-state index in [-0.39, 0.29) is 11.8 Å². The first-order valence-electron chi connectivity index (χ1n) is 5.98. The van der Waals surface area contributed by atoms with E-state index < -0.39 is 12.4 Å². The number of allylic oxidation sites excluding steroid dienone is 2. The van der Waals surface area contributed by atoms with Crippen molar-refractivity contribution in [2.24, 2.45) is 5.92 Å². The van der Waals surface area contributed by atoms with Gasteiger partial charge >= 0.3 is 0 Å². The number of ether oxygens (including phenoxy) is 1. The summed E-state index contributed by atoms with van der Waals surface area (Å²) in [4.78, 5) is 11.8. The molecule has 1 fully saturated rings. The predicted molar refractivity (Wildman–Crippen MR) is 58.5 cm³/mol. The topological polar surface area (TPSA) is 38.3 Å². The summed E-state index contributed by atoms with van der Waals surface area (Å²) in [7, 11) is 0. The third-order valence-corrected chi connectivity index (χ3v) is 3.22. The van der Waals surface area contributed by atoms with Crippen LogP contribution in [0.5, 0.6) is 0 Å². The molecule has 3 nitrogen and oxygen atoms in total. The SMILES string of the molecule is O=C(NC1CCCOC1F)C1CC=CCC1. The summed E-state index contributed by atoms with van der Waals surface area (Å²) in [5, 5.41) is 2.77. The van der Waals surface area contributed by atoms with Crippen molar-refractivity contribution >= 4 is 5.91 Å². The maximum Gasteiger partial charge on any atom is 0.223 e. The third-order valence-electron chi connectivity index (χ3n) is 3.22. The summed E-state index contributed by atoms with van der Waals surface area (Å²) >= 11 is 0. The fourth-order valence-electron chi connectivity index (χ4n) is 2.22. The monoisotopic (exact) mass is 227 g/mol. The molecule has 3 atom stereocenters. The molecule has 0 saturated carbocycles. The van der Waals surface area contributed by atoms with Crippen LogP contribution in [0.3, 0.4) is 0 Å². The number of amides is 1. The molecule has 0 spiro atoms. The minimum absolute atomic E-state index is 0.0131. The Bertz CT molecular complexity index is 280. The van der Waals surface area contributed by atoms with E-state index in [0.717, 1.165) is 25.7 Å². The van der Waals surface area contributed by atoms with Crippen LogP contribution in [0.2, 0.25) is 0 Å². The molecule has 1 saturated heterocycles. The Hall–Kier alpha value is -0.900. The highest BCUT2D eigenvalue weighted by atomic mass is 19.1. The fourth-order valence-corrected chi connectivity index (χ4v) is 2.22. The molecule has 1 aliphatic carbocycles. The van der Waals surface area contributed by atoms with Crippen molar-refractivity contribution in [3.05, 3.63) is 12.2 Å². The van der Waals surface area contributed by atoms with Gasteiger partial charge in [-0.2, -0.15) is 0 Å². The number of nitrogens with one attached hydrogen (secondary N) is 1. The second-order valence-corrected chi connectivity index (χ2v) is 4.46. The first-order chi connectivity index (χ1) is 7.77. The summed E-state index contributed by atoms with van der Waals surface area (Å²) in [6.07, 6.45) is 6.85. The molecule has 90 valence electrons. The Morgan fingerprint density at radius 2 is 2.25 bits per heavy atom. The first kappa shape index (κ1) is 11.6. The van der Waals surface area contributed by atoms with Gasteiger partial charge in [-0.25, -0.2) is 4.39 Å². The highest BCUT2D eigenvalue weighted by Crippen LogP contribution is 2.20. The molecular weight excluding hydrogens is 209 g/mol. The van der Waals surface area contributed by atoms with Crippen molar-refractivity contribution in [1.82, 2.24) is 5.32 Å². The quantitative estimate of drug-likeness (QED) is 0.732. The van der Waals surface area contributed by atoms with E-state index in [0.29, 0.717) is 13.0 Å². The van der Waals surface area contributed by atoms with Crippen LogP contribution in [0.25, 0.3) is 0 Å². The molecule has 0 aromatic carbocycles. The molecule has 1 heterocycles. The smallest absolute Gasteiger partial charge is 0.223 e. The number of carbonyl (C=O) groups excluding carboxylic acids is 1. The molecule has 2 rings (SSSR count). The first-order valence-corrected chi connectivity index (χ1v) is 5.98. The fraction of sp³-hybridized carbons (Fsp3) is 0.750. The van der Waals surface area contributed by atoms with Crippen LogP contribution in [0.1, 0.15) is 32.1 Å². The molecule has 0 bridgehead atoms. The van der Waals surface area contributed by atoms with Gasteiger partial charge in [-0.3, -0.25) is 4.79 Å². The summed E-state index contributed by atoms with van der Waals surface area (Å²) in [6, 6.07) is -0.452. The summed E-state index contributed by atoms with van der Waals surface area (Å²) in [6.45, 7) is 0.458. The molecule has 3 unspecified atom stereocenters. The average molecular weight is 227 g/mol. The Balaban J connectivity index is 1.83. The van der Waals surface area contributed by atoms with Crippen LogP contribution >= 0.6 is 0 Å². The van der Waals surface area contributed by atoms with Gasteiger partial charge in [0.25, 0.3) is 0 Å². The number of hydrogen-bond acceptors (Lipinski definition) is 2. The normalized spacial score (nSPS) is 34.7. The van der Waals surface area contributed by atoms with Gasteiger partial charge in [0.2, 0.25) is 12.3 Å². The standard InChI is InChI=1S/C12H18FNO2/c13-11-10(7-4-8-16-11)14-12(15)9-5-2-1-3-6-9/h1-2,9-11H,3-8H2,(H,14,15). The maximum atomic E-state index is 13.3. The Morgan fingerprint density at radius 3 is 2.94 bits per heavy atom. The minimum atomic E-state index is -1.34. The van der Waals surface area contributed by atoms with Gasteiger partial charge in [-0.05, 0) is 32.1 Å². The van der Waals surface area contributed by atoms with Crippen LogP contribution in [0, 0.1) is 5.92 Å². The Labute approximate surface area is 95.0 Å². The lowest BCUT2D eigenvalue weighted by Gasteiger charge is -2.28. The molecule has 1 aliphatic heterocycles. The van der Waals surface area contributed by atoms with E-state index in [1.807, 2.05) is 6.08 Å². The number of halogens is 1. The lowest BCUT2D eigenvalue weighted by molar-refractivity contribution is -0.133. The van der Waals surface area contributed by atoms with Crippen LogP contribution in [0.4, 0.5) is 4.39 Å². The van der Waals surface area contributed by atoms with Crippen LogP contribution in [0.15, 0.2) is 12.2 Å². The Kier molecular flexibility index (Phi) is 3.93. The van der Waals surface area contributed by atoms with Gasteiger partial charge in [0.1, 0.15) is 0 Å². The van der Waals surface area contributed by atoms with Gasteiger partial charge in [0.05, 0.1) is 12.6 Å².